The van der Waals surface area contributed by atoms with E-state index in [9.17, 15) is 18.0 Å². The summed E-state index contributed by atoms with van der Waals surface area (Å²) in [6.07, 6.45) is 0.717. The monoisotopic (exact) mass is 496 g/mol. The fourth-order valence-electron chi connectivity index (χ4n) is 3.91. The van der Waals surface area contributed by atoms with Crippen LogP contribution in [0.1, 0.15) is 34.1 Å². The molecule has 1 aromatic carbocycles. The average Bonchev–Trinajstić information content (AvgIpc) is 3.01. The average molecular weight is 497 g/mol. The first-order chi connectivity index (χ1) is 16.1. The number of carbonyl (C=O) groups is 2. The lowest BCUT2D eigenvalue weighted by Gasteiger charge is -2.37. The molecule has 0 aliphatic carbocycles. The molecular weight excluding hydrogens is 460 g/mol. The van der Waals surface area contributed by atoms with E-state index >= 15 is 0 Å². The molecule has 1 fully saturated rings. The summed E-state index contributed by atoms with van der Waals surface area (Å²) < 4.78 is 40.1. The van der Waals surface area contributed by atoms with Gasteiger partial charge in [-0.1, -0.05) is 13.8 Å². The van der Waals surface area contributed by atoms with E-state index in [1.165, 1.54) is 12.1 Å². The number of fused-ring (bicyclic) bond motifs is 1. The normalized spacial score (nSPS) is 18.0. The second-order valence-electron chi connectivity index (χ2n) is 9.33. The molecule has 2 heterocycles. The number of nitrogens with one attached hydrogen (secondary N) is 2. The van der Waals surface area contributed by atoms with Crippen LogP contribution in [0.5, 0.6) is 11.5 Å². The Balaban J connectivity index is 1.64. The Morgan fingerprint density at radius 3 is 2.26 bits per heavy atom. The van der Waals surface area contributed by atoms with Gasteiger partial charge in [0.25, 0.3) is 0 Å². The molecule has 2 aliphatic heterocycles. The number of sulfonamides is 1. The van der Waals surface area contributed by atoms with Gasteiger partial charge in [0.15, 0.2) is 11.5 Å². The number of hydrogen-bond donors (Lipinski definition) is 2. The number of nitrogens with zero attached hydrogens (tertiary/aromatic N) is 2. The van der Waals surface area contributed by atoms with Gasteiger partial charge in [-0.2, -0.15) is 4.72 Å². The lowest BCUT2D eigenvalue weighted by molar-refractivity contribution is -0.136. The van der Waals surface area contributed by atoms with E-state index in [1.54, 1.807) is 11.0 Å². The Hall–Kier alpha value is -2.37. The van der Waals surface area contributed by atoms with Crippen LogP contribution in [0.3, 0.4) is 0 Å². The van der Waals surface area contributed by atoms with Crippen molar-refractivity contribution in [1.29, 1.82) is 0 Å². The van der Waals surface area contributed by atoms with Gasteiger partial charge in [0.2, 0.25) is 21.8 Å². The molecule has 1 aromatic rings. The van der Waals surface area contributed by atoms with Crippen molar-refractivity contribution in [1.82, 2.24) is 19.8 Å². The standard InChI is InChI=1S/C23H36N4O6S/c1-16(2)22(23(29)27-10-8-26(9-11-27)15-21(28)24-17(3)4)25-34(30,31)18-6-7-19-20(14-18)33-13-5-12-32-19/h6-7,14,16-17,22,25H,5,8-13,15H2,1-4H3,(H,24,28). The van der Waals surface area contributed by atoms with Crippen LogP contribution in [0, 0.1) is 5.92 Å². The van der Waals surface area contributed by atoms with Crippen LogP contribution in [-0.4, -0.2) is 88.1 Å². The van der Waals surface area contributed by atoms with Crippen molar-refractivity contribution in [2.24, 2.45) is 5.92 Å². The Morgan fingerprint density at radius 2 is 1.65 bits per heavy atom. The van der Waals surface area contributed by atoms with Crippen LogP contribution < -0.4 is 19.5 Å². The van der Waals surface area contributed by atoms with Crippen molar-refractivity contribution in [2.45, 2.75) is 51.1 Å². The molecule has 11 heteroatoms. The summed E-state index contributed by atoms with van der Waals surface area (Å²) in [6, 6.07) is 3.64. The summed E-state index contributed by atoms with van der Waals surface area (Å²) in [6.45, 7) is 10.7. The largest absolute Gasteiger partial charge is 0.490 e. The molecular formula is C23H36N4O6S. The zero-order valence-corrected chi connectivity index (χ0v) is 21.2. The molecule has 0 bridgehead atoms. The highest BCUT2D eigenvalue weighted by Crippen LogP contribution is 2.32. The van der Waals surface area contributed by atoms with Gasteiger partial charge in [-0.15, -0.1) is 0 Å². The summed E-state index contributed by atoms with van der Waals surface area (Å²) in [7, 11) is -3.97. The van der Waals surface area contributed by atoms with Gasteiger partial charge in [0.05, 0.1) is 24.7 Å². The van der Waals surface area contributed by atoms with Crippen LogP contribution in [-0.2, 0) is 19.6 Å². The van der Waals surface area contributed by atoms with E-state index in [0.29, 0.717) is 57.3 Å². The van der Waals surface area contributed by atoms with Crippen molar-refractivity contribution < 1.29 is 27.5 Å². The molecule has 1 unspecified atom stereocenters. The van der Waals surface area contributed by atoms with Crippen LogP contribution in [0.4, 0.5) is 0 Å². The Morgan fingerprint density at radius 1 is 1.00 bits per heavy atom. The highest BCUT2D eigenvalue weighted by atomic mass is 32.2. The third kappa shape index (κ3) is 6.83. The van der Waals surface area contributed by atoms with Gasteiger partial charge in [-0.05, 0) is 31.9 Å². The zero-order chi connectivity index (χ0) is 24.9. The summed E-state index contributed by atoms with van der Waals surface area (Å²) >= 11 is 0. The smallest absolute Gasteiger partial charge is 0.241 e. The molecule has 0 spiro atoms. The summed E-state index contributed by atoms with van der Waals surface area (Å²) in [5.41, 5.74) is 0. The van der Waals surface area contributed by atoms with Gasteiger partial charge in [0.1, 0.15) is 6.04 Å². The Bertz CT molecular complexity index is 974. The summed E-state index contributed by atoms with van der Waals surface area (Å²) in [4.78, 5) is 28.9. The minimum absolute atomic E-state index is 0.0242. The number of benzene rings is 1. The molecule has 1 saturated heterocycles. The predicted molar refractivity (Wildman–Crippen MR) is 127 cm³/mol. The molecule has 0 saturated carbocycles. The van der Waals surface area contributed by atoms with Crippen LogP contribution in [0.2, 0.25) is 0 Å². The molecule has 2 amide bonds. The second kappa shape index (κ2) is 11.4. The van der Waals surface area contributed by atoms with Crippen LogP contribution >= 0.6 is 0 Å². The lowest BCUT2D eigenvalue weighted by Crippen LogP contribution is -2.57. The number of amides is 2. The van der Waals surface area contributed by atoms with E-state index in [-0.39, 0.29) is 35.2 Å². The molecule has 190 valence electrons. The molecule has 0 aromatic heterocycles. The molecule has 0 radical (unpaired) electrons. The summed E-state index contributed by atoms with van der Waals surface area (Å²) in [5, 5.41) is 2.87. The Labute approximate surface area is 202 Å². The van der Waals surface area contributed by atoms with Crippen molar-refractivity contribution >= 4 is 21.8 Å². The maximum absolute atomic E-state index is 13.3. The first kappa shape index (κ1) is 26.2. The van der Waals surface area contributed by atoms with Gasteiger partial charge in [0, 0.05) is 44.7 Å². The van der Waals surface area contributed by atoms with E-state index in [4.69, 9.17) is 9.47 Å². The zero-order valence-electron chi connectivity index (χ0n) is 20.4. The van der Waals surface area contributed by atoms with Crippen molar-refractivity contribution in [3.63, 3.8) is 0 Å². The molecule has 2 N–H and O–H groups in total. The molecule has 2 aliphatic rings. The van der Waals surface area contributed by atoms with E-state index in [2.05, 4.69) is 10.0 Å². The highest BCUT2D eigenvalue weighted by Gasteiger charge is 2.33. The quantitative estimate of drug-likeness (QED) is 0.547. The summed E-state index contributed by atoms with van der Waals surface area (Å²) in [5.74, 6) is 0.327. The fraction of sp³-hybridized carbons (Fsp3) is 0.652. The van der Waals surface area contributed by atoms with E-state index < -0.39 is 16.1 Å². The van der Waals surface area contributed by atoms with Crippen LogP contribution in [0.15, 0.2) is 23.1 Å². The van der Waals surface area contributed by atoms with E-state index in [1.807, 2.05) is 32.6 Å². The van der Waals surface area contributed by atoms with Gasteiger partial charge in [-0.25, -0.2) is 8.42 Å². The first-order valence-electron chi connectivity index (χ1n) is 11.8. The highest BCUT2D eigenvalue weighted by molar-refractivity contribution is 7.89. The number of rotatable bonds is 8. The maximum atomic E-state index is 13.3. The number of hydrogen-bond acceptors (Lipinski definition) is 7. The number of carbonyl (C=O) groups excluding carboxylic acids is 2. The van der Waals surface area contributed by atoms with Crippen molar-refractivity contribution in [2.75, 3.05) is 45.9 Å². The van der Waals surface area contributed by atoms with Crippen LogP contribution in [0.25, 0.3) is 0 Å². The van der Waals surface area contributed by atoms with Crippen molar-refractivity contribution in [3.8, 4) is 11.5 Å². The third-order valence-electron chi connectivity index (χ3n) is 5.74. The minimum Gasteiger partial charge on any atom is -0.490 e. The SMILES string of the molecule is CC(C)NC(=O)CN1CCN(C(=O)C(NS(=O)(=O)c2ccc3c(c2)OCCCO3)C(C)C)CC1. The number of ether oxygens (including phenoxy) is 2. The van der Waals surface area contributed by atoms with Gasteiger partial charge in [-0.3, -0.25) is 14.5 Å². The lowest BCUT2D eigenvalue weighted by atomic mass is 10.0. The Kier molecular flexibility index (Phi) is 8.78. The molecule has 10 nitrogen and oxygen atoms in total. The molecule has 1 atom stereocenters. The van der Waals surface area contributed by atoms with Gasteiger partial charge >= 0.3 is 0 Å². The molecule has 3 rings (SSSR count). The van der Waals surface area contributed by atoms with Crippen molar-refractivity contribution in [3.05, 3.63) is 18.2 Å². The first-order valence-corrected chi connectivity index (χ1v) is 13.3. The predicted octanol–water partition coefficient (Wildman–Crippen LogP) is 0.820. The molecule has 34 heavy (non-hydrogen) atoms. The second-order valence-corrected chi connectivity index (χ2v) is 11.0. The topological polar surface area (TPSA) is 117 Å². The third-order valence-corrected chi connectivity index (χ3v) is 7.18. The number of piperazine rings is 1. The minimum atomic E-state index is -3.97. The van der Waals surface area contributed by atoms with Gasteiger partial charge < -0.3 is 19.7 Å². The van der Waals surface area contributed by atoms with E-state index in [0.717, 1.165) is 0 Å². The maximum Gasteiger partial charge on any atom is 0.241 e. The fourth-order valence-corrected chi connectivity index (χ4v) is 5.26.